The van der Waals surface area contributed by atoms with E-state index in [2.05, 4.69) is 27.8 Å². The third-order valence-corrected chi connectivity index (χ3v) is 5.83. The molecule has 3 atom stereocenters. The molecule has 1 fully saturated rings. The minimum absolute atomic E-state index is 0.138. The van der Waals surface area contributed by atoms with E-state index in [-0.39, 0.29) is 11.9 Å². The van der Waals surface area contributed by atoms with Gasteiger partial charge in [0.05, 0.1) is 24.0 Å². The maximum absolute atomic E-state index is 13.1. The third-order valence-electron chi connectivity index (χ3n) is 5.83. The molecule has 1 aliphatic rings. The molecule has 3 aromatic rings. The smallest absolute Gasteiger partial charge is 0.253 e. The second-order valence-corrected chi connectivity index (χ2v) is 8.19. The van der Waals surface area contributed by atoms with Gasteiger partial charge in [0, 0.05) is 11.4 Å². The number of carbonyl (C=O) groups is 1. The van der Waals surface area contributed by atoms with Crippen LogP contribution in [0.4, 0.5) is 5.69 Å². The van der Waals surface area contributed by atoms with Gasteiger partial charge in [-0.3, -0.25) is 9.78 Å². The zero-order valence-electron chi connectivity index (χ0n) is 17.7. The van der Waals surface area contributed by atoms with Crippen molar-refractivity contribution in [3.05, 3.63) is 72.4 Å². The number of carbonyl (C=O) groups excluding carboxylic acids is 1. The van der Waals surface area contributed by atoms with Gasteiger partial charge < -0.3 is 21.1 Å². The number of aromatic nitrogens is 1. The van der Waals surface area contributed by atoms with Gasteiger partial charge in [-0.25, -0.2) is 0 Å². The highest BCUT2D eigenvalue weighted by atomic mass is 16.5. The molecule has 3 unspecified atom stereocenters. The van der Waals surface area contributed by atoms with Crippen LogP contribution in [0.2, 0.25) is 0 Å². The van der Waals surface area contributed by atoms with Gasteiger partial charge in [-0.1, -0.05) is 48.5 Å². The summed E-state index contributed by atoms with van der Waals surface area (Å²) in [6.45, 7) is 2.09. The van der Waals surface area contributed by atoms with Crippen LogP contribution < -0.4 is 16.4 Å². The highest BCUT2D eigenvalue weighted by Gasteiger charge is 2.26. The van der Waals surface area contributed by atoms with Gasteiger partial charge in [0.2, 0.25) is 0 Å². The lowest BCUT2D eigenvalue weighted by Crippen LogP contribution is -2.36. The number of nitrogens with zero attached hydrogens (tertiary/aromatic N) is 1. The number of nitrogens with two attached hydrogens (primary N) is 1. The predicted molar refractivity (Wildman–Crippen MR) is 124 cm³/mol. The van der Waals surface area contributed by atoms with Crippen molar-refractivity contribution >= 4 is 22.5 Å². The summed E-state index contributed by atoms with van der Waals surface area (Å²) < 4.78 is 6.13. The highest BCUT2D eigenvalue weighted by Crippen LogP contribution is 2.18. The van der Waals surface area contributed by atoms with E-state index in [1.54, 1.807) is 6.20 Å². The molecule has 0 bridgehead atoms. The van der Waals surface area contributed by atoms with Crippen LogP contribution in [0.3, 0.4) is 0 Å². The summed E-state index contributed by atoms with van der Waals surface area (Å²) in [5, 5.41) is 7.44. The predicted octanol–water partition coefficient (Wildman–Crippen LogP) is 3.13. The molecule has 6 nitrogen and oxygen atoms in total. The van der Waals surface area contributed by atoms with E-state index in [1.807, 2.05) is 48.5 Å². The number of ether oxygens (including phenoxy) is 1. The number of amides is 1. The van der Waals surface area contributed by atoms with Gasteiger partial charge in [0.25, 0.3) is 5.91 Å². The second-order valence-electron chi connectivity index (χ2n) is 8.19. The maximum atomic E-state index is 13.1. The molecule has 2 heterocycles. The summed E-state index contributed by atoms with van der Waals surface area (Å²) in [5.74, 6) is 0.343. The molecule has 4 N–H and O–H groups in total. The van der Waals surface area contributed by atoms with Crippen LogP contribution in [0.25, 0.3) is 10.9 Å². The Kier molecular flexibility index (Phi) is 7.25. The number of benzene rings is 2. The van der Waals surface area contributed by atoms with E-state index >= 15 is 0 Å². The molecule has 0 aliphatic carbocycles. The van der Waals surface area contributed by atoms with Crippen LogP contribution in [0, 0.1) is 5.92 Å². The van der Waals surface area contributed by atoms with E-state index in [1.165, 1.54) is 5.56 Å². The first-order valence-electron chi connectivity index (χ1n) is 11.0. The van der Waals surface area contributed by atoms with E-state index in [4.69, 9.17) is 10.5 Å². The summed E-state index contributed by atoms with van der Waals surface area (Å²) in [7, 11) is 0. The molecule has 2 aromatic carbocycles. The first-order valence-corrected chi connectivity index (χ1v) is 11.0. The van der Waals surface area contributed by atoms with Crippen LogP contribution in [0.1, 0.15) is 18.4 Å². The molecule has 1 amide bonds. The molecule has 0 saturated carbocycles. The van der Waals surface area contributed by atoms with Gasteiger partial charge in [-0.2, -0.15) is 0 Å². The molecule has 1 aromatic heterocycles. The normalized spacial score (nSPS) is 19.4. The Morgan fingerprint density at radius 3 is 2.81 bits per heavy atom. The SMILES string of the molecule is NCC1CNC(COC(CCc2ccccc2)C(=O)Nc2cnc3ccccc3c2)C1. The lowest BCUT2D eigenvalue weighted by Gasteiger charge is -2.20. The Morgan fingerprint density at radius 1 is 1.19 bits per heavy atom. The molecule has 31 heavy (non-hydrogen) atoms. The van der Waals surface area contributed by atoms with Gasteiger partial charge in [-0.15, -0.1) is 0 Å². The maximum Gasteiger partial charge on any atom is 0.253 e. The van der Waals surface area contributed by atoms with Crippen LogP contribution in [0.15, 0.2) is 66.9 Å². The summed E-state index contributed by atoms with van der Waals surface area (Å²) in [5.41, 5.74) is 8.56. The summed E-state index contributed by atoms with van der Waals surface area (Å²) in [4.78, 5) is 17.5. The van der Waals surface area contributed by atoms with E-state index in [0.717, 1.165) is 30.3 Å². The van der Waals surface area contributed by atoms with Crippen molar-refractivity contribution < 1.29 is 9.53 Å². The Balaban J connectivity index is 1.41. The van der Waals surface area contributed by atoms with Crippen LogP contribution >= 0.6 is 0 Å². The van der Waals surface area contributed by atoms with Crippen molar-refractivity contribution in [3.63, 3.8) is 0 Å². The number of aryl methyl sites for hydroxylation is 1. The van der Waals surface area contributed by atoms with E-state index < -0.39 is 6.10 Å². The first kappa shape index (κ1) is 21.4. The minimum Gasteiger partial charge on any atom is -0.367 e. The van der Waals surface area contributed by atoms with Gasteiger partial charge in [0.1, 0.15) is 6.10 Å². The number of rotatable bonds is 9. The summed E-state index contributed by atoms with van der Waals surface area (Å²) in [6.07, 6.45) is 3.53. The van der Waals surface area contributed by atoms with Gasteiger partial charge >= 0.3 is 0 Å². The van der Waals surface area contributed by atoms with Crippen LogP contribution in [0.5, 0.6) is 0 Å². The van der Waals surface area contributed by atoms with Crippen LogP contribution in [-0.4, -0.2) is 42.7 Å². The fourth-order valence-corrected chi connectivity index (χ4v) is 4.04. The highest BCUT2D eigenvalue weighted by molar-refractivity contribution is 5.95. The number of fused-ring (bicyclic) bond motifs is 1. The molecular weight excluding hydrogens is 388 g/mol. The average Bonchev–Trinajstić information content (AvgIpc) is 3.28. The molecule has 0 spiro atoms. The van der Waals surface area contributed by atoms with Crippen molar-refractivity contribution in [2.45, 2.75) is 31.4 Å². The molecule has 1 saturated heterocycles. The number of nitrogens with one attached hydrogen (secondary N) is 2. The molecule has 4 rings (SSSR count). The Bertz CT molecular complexity index is 995. The lowest BCUT2D eigenvalue weighted by atomic mass is 10.1. The number of hydrogen-bond acceptors (Lipinski definition) is 5. The first-order chi connectivity index (χ1) is 15.2. The fraction of sp³-hybridized carbons (Fsp3) is 0.360. The molecule has 0 radical (unpaired) electrons. The molecule has 6 heteroatoms. The van der Waals surface area contributed by atoms with E-state index in [0.29, 0.717) is 31.2 Å². The van der Waals surface area contributed by atoms with Crippen LogP contribution in [-0.2, 0) is 16.0 Å². The standard InChI is InChI=1S/C25H30N4O2/c26-14-19-12-22(27-15-19)17-31-24(11-10-18-6-2-1-3-7-18)25(30)29-21-13-20-8-4-5-9-23(20)28-16-21/h1-9,13,16,19,22,24,27H,10-12,14-15,17,26H2,(H,29,30). The van der Waals surface area contributed by atoms with Crippen molar-refractivity contribution in [2.24, 2.45) is 11.7 Å². The second kappa shape index (κ2) is 10.5. The molecular formula is C25H30N4O2. The number of anilines is 1. The largest absolute Gasteiger partial charge is 0.367 e. The van der Waals surface area contributed by atoms with Gasteiger partial charge in [-0.05, 0) is 56.0 Å². The quantitative estimate of drug-likeness (QED) is 0.497. The third kappa shape index (κ3) is 5.88. The molecule has 1 aliphatic heterocycles. The number of hydrogen-bond donors (Lipinski definition) is 3. The minimum atomic E-state index is -0.537. The fourth-order valence-electron chi connectivity index (χ4n) is 4.04. The van der Waals surface area contributed by atoms with Crippen molar-refractivity contribution in [1.29, 1.82) is 0 Å². The van der Waals surface area contributed by atoms with Crippen molar-refractivity contribution in [3.8, 4) is 0 Å². The van der Waals surface area contributed by atoms with Gasteiger partial charge in [0.15, 0.2) is 0 Å². The number of para-hydroxylation sites is 1. The zero-order chi connectivity index (χ0) is 21.5. The van der Waals surface area contributed by atoms with Crippen molar-refractivity contribution in [1.82, 2.24) is 10.3 Å². The number of pyridine rings is 1. The molecule has 162 valence electrons. The zero-order valence-corrected chi connectivity index (χ0v) is 17.7. The summed E-state index contributed by atoms with van der Waals surface area (Å²) in [6, 6.07) is 20.2. The lowest BCUT2D eigenvalue weighted by molar-refractivity contribution is -0.128. The average molecular weight is 419 g/mol. The van der Waals surface area contributed by atoms with E-state index in [9.17, 15) is 4.79 Å². The Hall–Kier alpha value is -2.80. The summed E-state index contributed by atoms with van der Waals surface area (Å²) >= 11 is 0. The topological polar surface area (TPSA) is 89.3 Å². The monoisotopic (exact) mass is 418 g/mol. The Labute approximate surface area is 183 Å². The van der Waals surface area contributed by atoms with Crippen molar-refractivity contribution in [2.75, 3.05) is 25.0 Å². The Morgan fingerprint density at radius 2 is 2.00 bits per heavy atom.